The van der Waals surface area contributed by atoms with Crippen LogP contribution in [0.5, 0.6) is 5.75 Å². The number of allylic oxidation sites excluding steroid dienone is 2. The molecule has 0 spiro atoms. The van der Waals surface area contributed by atoms with Crippen LogP contribution in [0.4, 0.5) is 0 Å². The molecular weight excluding hydrogens is 160 g/mol. The van der Waals surface area contributed by atoms with Crippen molar-refractivity contribution in [2.24, 2.45) is 0 Å². The van der Waals surface area contributed by atoms with Gasteiger partial charge in [0, 0.05) is 0 Å². The predicted molar refractivity (Wildman–Crippen MR) is 56.8 cm³/mol. The van der Waals surface area contributed by atoms with Crippen LogP contribution in [0.3, 0.4) is 0 Å². The lowest BCUT2D eigenvalue weighted by Crippen LogP contribution is -1.81. The van der Waals surface area contributed by atoms with Crippen molar-refractivity contribution < 1.29 is 4.74 Å². The van der Waals surface area contributed by atoms with E-state index in [-0.39, 0.29) is 0 Å². The van der Waals surface area contributed by atoms with Gasteiger partial charge in [0.25, 0.3) is 0 Å². The largest absolute Gasteiger partial charge is 0.497 e. The zero-order valence-electron chi connectivity index (χ0n) is 8.08. The molecule has 1 aromatic carbocycles. The highest BCUT2D eigenvalue weighted by Gasteiger charge is 1.90. The summed E-state index contributed by atoms with van der Waals surface area (Å²) in [6.07, 6.45) is 3.91. The van der Waals surface area contributed by atoms with E-state index in [1.165, 1.54) is 5.56 Å². The fraction of sp³-hybridized carbons (Fsp3) is 0.167. The molecule has 0 saturated carbocycles. The van der Waals surface area contributed by atoms with Crippen LogP contribution in [-0.2, 0) is 0 Å². The Balaban J connectivity index is 2.86. The molecule has 0 heterocycles. The molecule has 1 aromatic rings. The van der Waals surface area contributed by atoms with E-state index >= 15 is 0 Å². The maximum Gasteiger partial charge on any atom is 0.118 e. The minimum Gasteiger partial charge on any atom is -0.497 e. The van der Waals surface area contributed by atoms with E-state index < -0.39 is 0 Å². The molecule has 0 saturated heterocycles. The van der Waals surface area contributed by atoms with Gasteiger partial charge in [0.2, 0.25) is 0 Å². The molecule has 1 nitrogen and oxygen atoms in total. The Hall–Kier alpha value is -1.50. The predicted octanol–water partition coefficient (Wildman–Crippen LogP) is 3.28. The third kappa shape index (κ3) is 2.79. The lowest BCUT2D eigenvalue weighted by Gasteiger charge is -1.99. The molecule has 1 heteroatoms. The first-order chi connectivity index (χ1) is 6.26. The number of ether oxygens (including phenoxy) is 1. The molecule has 0 amide bonds. The first-order valence-electron chi connectivity index (χ1n) is 4.21. The second kappa shape index (κ2) is 4.51. The molecule has 0 aliphatic carbocycles. The molecule has 0 aliphatic heterocycles. The highest BCUT2D eigenvalue weighted by atomic mass is 16.5. The SMILES string of the molecule is C=C/C(C)=C/c1ccc(OC)cc1. The monoisotopic (exact) mass is 174 g/mol. The van der Waals surface area contributed by atoms with Crippen molar-refractivity contribution in [3.05, 3.63) is 48.1 Å². The number of methoxy groups -OCH3 is 1. The van der Waals surface area contributed by atoms with E-state index in [1.807, 2.05) is 37.3 Å². The van der Waals surface area contributed by atoms with Crippen molar-refractivity contribution in [1.29, 1.82) is 0 Å². The van der Waals surface area contributed by atoms with Gasteiger partial charge in [-0.2, -0.15) is 0 Å². The standard InChI is InChI=1S/C12H14O/c1-4-10(2)9-11-5-7-12(13-3)8-6-11/h4-9H,1H2,2-3H3/b10-9+. The molecule has 0 bridgehead atoms. The number of rotatable bonds is 3. The summed E-state index contributed by atoms with van der Waals surface area (Å²) in [5, 5.41) is 0. The van der Waals surface area contributed by atoms with E-state index in [4.69, 9.17) is 4.74 Å². The van der Waals surface area contributed by atoms with Crippen LogP contribution in [-0.4, -0.2) is 7.11 Å². The smallest absolute Gasteiger partial charge is 0.118 e. The number of benzene rings is 1. The van der Waals surface area contributed by atoms with Crippen LogP contribution < -0.4 is 4.74 Å². The second-order valence-corrected chi connectivity index (χ2v) is 2.87. The fourth-order valence-corrected chi connectivity index (χ4v) is 1.02. The van der Waals surface area contributed by atoms with Crippen LogP contribution in [0, 0.1) is 0 Å². The van der Waals surface area contributed by atoms with Crippen LogP contribution in [0.15, 0.2) is 42.5 Å². The summed E-state index contributed by atoms with van der Waals surface area (Å²) >= 11 is 0. The van der Waals surface area contributed by atoms with Gasteiger partial charge in [0.15, 0.2) is 0 Å². The Bertz CT molecular complexity index is 306. The summed E-state index contributed by atoms with van der Waals surface area (Å²) in [5.41, 5.74) is 2.32. The van der Waals surface area contributed by atoms with Crippen molar-refractivity contribution in [3.63, 3.8) is 0 Å². The molecule has 0 radical (unpaired) electrons. The minimum atomic E-state index is 0.883. The Morgan fingerprint density at radius 1 is 1.31 bits per heavy atom. The van der Waals surface area contributed by atoms with Crippen molar-refractivity contribution in [1.82, 2.24) is 0 Å². The maximum atomic E-state index is 5.06. The van der Waals surface area contributed by atoms with Gasteiger partial charge < -0.3 is 4.74 Å². The highest BCUT2D eigenvalue weighted by molar-refractivity contribution is 5.55. The quantitative estimate of drug-likeness (QED) is 0.639. The summed E-state index contributed by atoms with van der Waals surface area (Å²) in [6.45, 7) is 5.72. The Labute approximate surface area is 79.4 Å². The van der Waals surface area contributed by atoms with Crippen molar-refractivity contribution in [3.8, 4) is 5.75 Å². The van der Waals surface area contributed by atoms with Gasteiger partial charge in [0.05, 0.1) is 7.11 Å². The fourth-order valence-electron chi connectivity index (χ4n) is 1.02. The van der Waals surface area contributed by atoms with Gasteiger partial charge in [-0.3, -0.25) is 0 Å². The van der Waals surface area contributed by atoms with Gasteiger partial charge >= 0.3 is 0 Å². The van der Waals surface area contributed by atoms with E-state index in [0.717, 1.165) is 11.3 Å². The van der Waals surface area contributed by atoms with E-state index in [0.29, 0.717) is 0 Å². The first-order valence-corrected chi connectivity index (χ1v) is 4.21. The Kier molecular flexibility index (Phi) is 3.32. The Morgan fingerprint density at radius 3 is 2.38 bits per heavy atom. The molecule has 68 valence electrons. The molecule has 1 rings (SSSR count). The summed E-state index contributed by atoms with van der Waals surface area (Å²) in [7, 11) is 1.67. The van der Waals surface area contributed by atoms with Crippen molar-refractivity contribution in [2.45, 2.75) is 6.92 Å². The lowest BCUT2D eigenvalue weighted by molar-refractivity contribution is 0.415. The van der Waals surface area contributed by atoms with Crippen molar-refractivity contribution >= 4 is 6.08 Å². The normalized spacial score (nSPS) is 11.1. The topological polar surface area (TPSA) is 9.23 Å². The zero-order valence-corrected chi connectivity index (χ0v) is 8.08. The van der Waals surface area contributed by atoms with Crippen LogP contribution in [0.25, 0.3) is 6.08 Å². The molecule has 0 N–H and O–H groups in total. The number of hydrogen-bond acceptors (Lipinski definition) is 1. The molecule has 0 fully saturated rings. The lowest BCUT2D eigenvalue weighted by atomic mass is 10.1. The molecule has 0 aliphatic rings. The summed E-state index contributed by atoms with van der Waals surface area (Å²) in [6, 6.07) is 7.93. The van der Waals surface area contributed by atoms with Gasteiger partial charge in [-0.05, 0) is 24.6 Å². The van der Waals surface area contributed by atoms with Gasteiger partial charge in [-0.25, -0.2) is 0 Å². The third-order valence-corrected chi connectivity index (χ3v) is 1.83. The van der Waals surface area contributed by atoms with Crippen LogP contribution in [0.1, 0.15) is 12.5 Å². The number of hydrogen-bond donors (Lipinski definition) is 0. The average molecular weight is 174 g/mol. The van der Waals surface area contributed by atoms with Gasteiger partial charge in [-0.15, -0.1) is 0 Å². The summed E-state index contributed by atoms with van der Waals surface area (Å²) in [4.78, 5) is 0. The molecule has 13 heavy (non-hydrogen) atoms. The van der Waals surface area contributed by atoms with Gasteiger partial charge in [-0.1, -0.05) is 36.4 Å². The van der Waals surface area contributed by atoms with E-state index in [9.17, 15) is 0 Å². The molecule has 0 aromatic heterocycles. The highest BCUT2D eigenvalue weighted by Crippen LogP contribution is 2.13. The molecular formula is C12H14O. The molecule has 0 atom stereocenters. The molecule has 0 unspecified atom stereocenters. The second-order valence-electron chi connectivity index (χ2n) is 2.87. The summed E-state index contributed by atoms with van der Waals surface area (Å²) < 4.78 is 5.06. The van der Waals surface area contributed by atoms with Crippen LogP contribution >= 0.6 is 0 Å². The average Bonchev–Trinajstić information content (AvgIpc) is 2.19. The third-order valence-electron chi connectivity index (χ3n) is 1.83. The van der Waals surface area contributed by atoms with Crippen molar-refractivity contribution in [2.75, 3.05) is 7.11 Å². The van der Waals surface area contributed by atoms with E-state index in [1.54, 1.807) is 7.11 Å². The van der Waals surface area contributed by atoms with Gasteiger partial charge in [0.1, 0.15) is 5.75 Å². The zero-order chi connectivity index (χ0) is 9.68. The Morgan fingerprint density at radius 2 is 1.92 bits per heavy atom. The first kappa shape index (κ1) is 9.59. The van der Waals surface area contributed by atoms with Crippen LogP contribution in [0.2, 0.25) is 0 Å². The summed E-state index contributed by atoms with van der Waals surface area (Å²) in [5.74, 6) is 0.883. The minimum absolute atomic E-state index is 0.883. The maximum absolute atomic E-state index is 5.06. The van der Waals surface area contributed by atoms with E-state index in [2.05, 4.69) is 12.7 Å².